The minimum atomic E-state index is -0.422. The van der Waals surface area contributed by atoms with Gasteiger partial charge in [0.25, 0.3) is 0 Å². The Hall–Kier alpha value is -0.990. The SMILES string of the molecule is C/C=C\[C@@H]1CCC[C@@H](C)N1C(=O)OC(C)(C)C. The van der Waals surface area contributed by atoms with Crippen LogP contribution in [0.2, 0.25) is 0 Å². The zero-order valence-corrected chi connectivity index (χ0v) is 11.7. The smallest absolute Gasteiger partial charge is 0.411 e. The molecule has 0 unspecified atom stereocenters. The third kappa shape index (κ3) is 4.06. The van der Waals surface area contributed by atoms with E-state index in [2.05, 4.69) is 13.0 Å². The van der Waals surface area contributed by atoms with E-state index >= 15 is 0 Å². The molecule has 1 aliphatic rings. The Bertz CT molecular complexity index is 291. The number of ether oxygens (including phenoxy) is 1. The summed E-state index contributed by atoms with van der Waals surface area (Å²) in [6.45, 7) is 9.81. The van der Waals surface area contributed by atoms with E-state index < -0.39 is 5.60 Å². The van der Waals surface area contributed by atoms with Crippen LogP contribution in [0, 0.1) is 0 Å². The van der Waals surface area contributed by atoms with Crippen LogP contribution in [0.25, 0.3) is 0 Å². The minimum absolute atomic E-state index is 0.187. The number of rotatable bonds is 1. The first-order valence-corrected chi connectivity index (χ1v) is 6.49. The zero-order valence-electron chi connectivity index (χ0n) is 11.7. The zero-order chi connectivity index (χ0) is 13.1. The average Bonchev–Trinajstić information content (AvgIpc) is 2.15. The topological polar surface area (TPSA) is 29.5 Å². The highest BCUT2D eigenvalue weighted by atomic mass is 16.6. The fraction of sp³-hybridized carbons (Fsp3) is 0.786. The predicted molar refractivity (Wildman–Crippen MR) is 70.0 cm³/mol. The van der Waals surface area contributed by atoms with E-state index in [9.17, 15) is 4.79 Å². The molecule has 1 rings (SSSR count). The Balaban J connectivity index is 2.78. The molecule has 2 atom stereocenters. The Morgan fingerprint density at radius 3 is 2.53 bits per heavy atom. The van der Waals surface area contributed by atoms with Crippen LogP contribution in [0.15, 0.2) is 12.2 Å². The lowest BCUT2D eigenvalue weighted by Crippen LogP contribution is -2.49. The fourth-order valence-corrected chi connectivity index (χ4v) is 2.27. The van der Waals surface area contributed by atoms with Crippen molar-refractivity contribution >= 4 is 6.09 Å². The molecule has 0 aromatic rings. The number of piperidine rings is 1. The van der Waals surface area contributed by atoms with Gasteiger partial charge >= 0.3 is 6.09 Å². The number of carbonyl (C=O) groups is 1. The van der Waals surface area contributed by atoms with Gasteiger partial charge in [-0.1, -0.05) is 12.2 Å². The van der Waals surface area contributed by atoms with E-state index in [1.807, 2.05) is 38.7 Å². The second-order valence-corrected chi connectivity index (χ2v) is 5.76. The molecular weight excluding hydrogens is 214 g/mol. The second kappa shape index (κ2) is 5.56. The van der Waals surface area contributed by atoms with E-state index in [0.717, 1.165) is 12.8 Å². The van der Waals surface area contributed by atoms with Gasteiger partial charge in [-0.15, -0.1) is 0 Å². The van der Waals surface area contributed by atoms with Crippen molar-refractivity contribution in [3.05, 3.63) is 12.2 Å². The molecule has 0 spiro atoms. The van der Waals surface area contributed by atoms with Crippen LogP contribution in [-0.4, -0.2) is 28.7 Å². The number of amides is 1. The van der Waals surface area contributed by atoms with Crippen molar-refractivity contribution in [2.24, 2.45) is 0 Å². The van der Waals surface area contributed by atoms with Crippen molar-refractivity contribution in [3.63, 3.8) is 0 Å². The minimum Gasteiger partial charge on any atom is -0.444 e. The molecule has 17 heavy (non-hydrogen) atoms. The van der Waals surface area contributed by atoms with E-state index in [1.54, 1.807) is 0 Å². The van der Waals surface area contributed by atoms with Crippen LogP contribution in [0.1, 0.15) is 53.9 Å². The Labute approximate surface area is 105 Å². The van der Waals surface area contributed by atoms with Crippen molar-refractivity contribution in [2.45, 2.75) is 71.6 Å². The first-order chi connectivity index (χ1) is 7.85. The quantitative estimate of drug-likeness (QED) is 0.652. The largest absolute Gasteiger partial charge is 0.444 e. The van der Waals surface area contributed by atoms with E-state index in [1.165, 1.54) is 6.42 Å². The average molecular weight is 239 g/mol. The van der Waals surface area contributed by atoms with Crippen molar-refractivity contribution in [3.8, 4) is 0 Å². The highest BCUT2D eigenvalue weighted by molar-refractivity contribution is 5.69. The number of nitrogens with zero attached hydrogens (tertiary/aromatic N) is 1. The van der Waals surface area contributed by atoms with E-state index in [0.29, 0.717) is 0 Å². The molecule has 1 saturated heterocycles. The maximum Gasteiger partial charge on any atom is 0.411 e. The van der Waals surface area contributed by atoms with Crippen LogP contribution in [-0.2, 0) is 4.74 Å². The summed E-state index contributed by atoms with van der Waals surface area (Å²) in [7, 11) is 0. The fourth-order valence-electron chi connectivity index (χ4n) is 2.27. The summed E-state index contributed by atoms with van der Waals surface area (Å²) in [4.78, 5) is 14.1. The lowest BCUT2D eigenvalue weighted by molar-refractivity contribution is 0.00360. The summed E-state index contributed by atoms with van der Waals surface area (Å²) < 4.78 is 5.48. The Morgan fingerprint density at radius 2 is 2.00 bits per heavy atom. The van der Waals surface area contributed by atoms with Crippen LogP contribution in [0.5, 0.6) is 0 Å². The molecule has 1 heterocycles. The normalized spacial score (nSPS) is 26.3. The number of hydrogen-bond donors (Lipinski definition) is 0. The summed E-state index contributed by atoms with van der Waals surface area (Å²) >= 11 is 0. The van der Waals surface area contributed by atoms with Crippen molar-refractivity contribution in [1.82, 2.24) is 4.90 Å². The summed E-state index contributed by atoms with van der Waals surface area (Å²) in [6, 6.07) is 0.457. The molecule has 0 aliphatic carbocycles. The number of hydrogen-bond acceptors (Lipinski definition) is 2. The number of allylic oxidation sites excluding steroid dienone is 1. The monoisotopic (exact) mass is 239 g/mol. The molecule has 1 aliphatic heterocycles. The Morgan fingerprint density at radius 1 is 1.35 bits per heavy atom. The van der Waals surface area contributed by atoms with E-state index in [-0.39, 0.29) is 18.2 Å². The molecule has 0 bridgehead atoms. The molecule has 1 fully saturated rings. The van der Waals surface area contributed by atoms with Crippen LogP contribution in [0.4, 0.5) is 4.79 Å². The number of carbonyl (C=O) groups excluding carboxylic acids is 1. The molecule has 3 heteroatoms. The lowest BCUT2D eigenvalue weighted by Gasteiger charge is -2.39. The van der Waals surface area contributed by atoms with Crippen molar-refractivity contribution in [2.75, 3.05) is 0 Å². The molecule has 98 valence electrons. The first kappa shape index (κ1) is 14.1. The molecular formula is C14H25NO2. The third-order valence-corrected chi connectivity index (χ3v) is 2.97. The van der Waals surface area contributed by atoms with Gasteiger partial charge in [0.1, 0.15) is 5.60 Å². The molecule has 0 radical (unpaired) electrons. The van der Waals surface area contributed by atoms with Gasteiger partial charge in [-0.3, -0.25) is 4.90 Å². The van der Waals surface area contributed by atoms with Gasteiger partial charge in [0.05, 0.1) is 6.04 Å². The van der Waals surface area contributed by atoms with Crippen LogP contribution < -0.4 is 0 Å². The van der Waals surface area contributed by atoms with Crippen molar-refractivity contribution < 1.29 is 9.53 Å². The maximum absolute atomic E-state index is 12.2. The van der Waals surface area contributed by atoms with Crippen LogP contribution >= 0.6 is 0 Å². The van der Waals surface area contributed by atoms with E-state index in [4.69, 9.17) is 4.74 Å². The predicted octanol–water partition coefficient (Wildman–Crippen LogP) is 3.74. The molecule has 0 aromatic carbocycles. The highest BCUT2D eigenvalue weighted by Gasteiger charge is 2.33. The summed E-state index contributed by atoms with van der Waals surface area (Å²) in [5.74, 6) is 0. The summed E-state index contributed by atoms with van der Waals surface area (Å²) in [5.41, 5.74) is -0.422. The van der Waals surface area contributed by atoms with Gasteiger partial charge < -0.3 is 4.74 Å². The molecule has 1 amide bonds. The number of likely N-dealkylation sites (tertiary alicyclic amines) is 1. The van der Waals surface area contributed by atoms with Gasteiger partial charge in [-0.25, -0.2) is 4.79 Å². The first-order valence-electron chi connectivity index (χ1n) is 6.49. The Kier molecular flexibility index (Phi) is 4.61. The third-order valence-electron chi connectivity index (χ3n) is 2.97. The van der Waals surface area contributed by atoms with Gasteiger partial charge in [0.15, 0.2) is 0 Å². The molecule has 0 aromatic heterocycles. The standard InChI is InChI=1S/C14H25NO2/c1-6-8-12-10-7-9-11(2)15(12)13(16)17-14(3,4)5/h6,8,11-12H,7,9-10H2,1-5H3/b8-6-/t11-,12-/m1/s1. The summed E-state index contributed by atoms with van der Waals surface area (Å²) in [5, 5.41) is 0. The van der Waals surface area contributed by atoms with Crippen LogP contribution in [0.3, 0.4) is 0 Å². The molecule has 3 nitrogen and oxygen atoms in total. The molecule has 0 N–H and O–H groups in total. The molecule has 0 saturated carbocycles. The highest BCUT2D eigenvalue weighted by Crippen LogP contribution is 2.25. The second-order valence-electron chi connectivity index (χ2n) is 5.76. The van der Waals surface area contributed by atoms with Gasteiger partial charge in [-0.05, 0) is 53.9 Å². The van der Waals surface area contributed by atoms with Crippen molar-refractivity contribution in [1.29, 1.82) is 0 Å². The lowest BCUT2D eigenvalue weighted by atomic mass is 9.96. The maximum atomic E-state index is 12.2. The van der Waals surface area contributed by atoms with Gasteiger partial charge in [-0.2, -0.15) is 0 Å². The van der Waals surface area contributed by atoms with Gasteiger partial charge in [0.2, 0.25) is 0 Å². The van der Waals surface area contributed by atoms with Gasteiger partial charge in [0, 0.05) is 6.04 Å². The summed E-state index contributed by atoms with van der Waals surface area (Å²) in [6.07, 6.45) is 7.20.